The second kappa shape index (κ2) is 6.33. The molecule has 0 bridgehead atoms. The molecule has 1 saturated heterocycles. The average Bonchev–Trinajstić information content (AvgIpc) is 3.33. The van der Waals surface area contributed by atoms with Crippen molar-refractivity contribution in [2.24, 2.45) is 0 Å². The quantitative estimate of drug-likeness (QED) is 0.793. The fourth-order valence-corrected chi connectivity index (χ4v) is 4.43. The predicted octanol–water partition coefficient (Wildman–Crippen LogP) is 4.19. The number of benzene rings is 1. The molecule has 2 aliphatic rings. The van der Waals surface area contributed by atoms with Crippen LogP contribution in [0.4, 0.5) is 18.0 Å². The number of alkyl halides is 3. The highest BCUT2D eigenvalue weighted by Crippen LogP contribution is 2.36. The van der Waals surface area contributed by atoms with Gasteiger partial charge < -0.3 is 5.32 Å². The van der Waals surface area contributed by atoms with Gasteiger partial charge in [-0.3, -0.25) is 9.69 Å². The number of halogens is 3. The summed E-state index contributed by atoms with van der Waals surface area (Å²) in [7, 11) is 0. The number of hydrogen-bond donors (Lipinski definition) is 1. The van der Waals surface area contributed by atoms with Crippen LogP contribution < -0.4 is 5.32 Å². The lowest BCUT2D eigenvalue weighted by molar-refractivity contribution is -0.137. The third-order valence-corrected chi connectivity index (χ3v) is 5.97. The summed E-state index contributed by atoms with van der Waals surface area (Å²) in [5, 5.41) is 5.07. The van der Waals surface area contributed by atoms with Crippen LogP contribution in [0.2, 0.25) is 0 Å². The van der Waals surface area contributed by atoms with Crippen molar-refractivity contribution in [1.82, 2.24) is 15.2 Å². The molecule has 1 spiro atoms. The number of carbonyl (C=O) groups is 2. The van der Waals surface area contributed by atoms with E-state index >= 15 is 0 Å². The van der Waals surface area contributed by atoms with Crippen LogP contribution in [0.25, 0.3) is 10.6 Å². The third kappa shape index (κ3) is 3.20. The summed E-state index contributed by atoms with van der Waals surface area (Å²) in [5.41, 5.74) is -0.384. The summed E-state index contributed by atoms with van der Waals surface area (Å²) >= 11 is 1.26. The Kier molecular flexibility index (Phi) is 4.21. The van der Waals surface area contributed by atoms with Gasteiger partial charge in [0.05, 0.1) is 17.8 Å². The van der Waals surface area contributed by atoms with Gasteiger partial charge >= 0.3 is 12.2 Å². The molecular weight excluding hydrogens is 379 g/mol. The van der Waals surface area contributed by atoms with Crippen LogP contribution in [0.3, 0.4) is 0 Å². The van der Waals surface area contributed by atoms with E-state index in [0.717, 1.165) is 25.0 Å². The molecule has 142 valence electrons. The van der Waals surface area contributed by atoms with Crippen LogP contribution >= 0.6 is 11.3 Å². The van der Waals surface area contributed by atoms with E-state index in [1.54, 1.807) is 5.38 Å². The van der Waals surface area contributed by atoms with E-state index < -0.39 is 23.3 Å². The largest absolute Gasteiger partial charge is 0.416 e. The Hall–Kier alpha value is -2.42. The molecule has 2 fully saturated rings. The van der Waals surface area contributed by atoms with Crippen molar-refractivity contribution in [2.45, 2.75) is 43.9 Å². The van der Waals surface area contributed by atoms with Crippen molar-refractivity contribution >= 4 is 23.3 Å². The van der Waals surface area contributed by atoms with Crippen molar-refractivity contribution < 1.29 is 22.8 Å². The lowest BCUT2D eigenvalue weighted by Crippen LogP contribution is -2.44. The molecule has 1 saturated carbocycles. The number of imide groups is 1. The molecule has 1 aliphatic carbocycles. The average molecular weight is 395 g/mol. The fraction of sp³-hybridized carbons (Fsp3) is 0.389. The maximum absolute atomic E-state index is 12.7. The minimum Gasteiger partial charge on any atom is -0.323 e. The van der Waals surface area contributed by atoms with Crippen molar-refractivity contribution in [2.75, 3.05) is 0 Å². The van der Waals surface area contributed by atoms with Crippen LogP contribution in [-0.4, -0.2) is 27.4 Å². The summed E-state index contributed by atoms with van der Waals surface area (Å²) in [5.74, 6) is -0.214. The molecule has 2 heterocycles. The maximum Gasteiger partial charge on any atom is 0.416 e. The van der Waals surface area contributed by atoms with Gasteiger partial charge in [-0.15, -0.1) is 11.3 Å². The lowest BCUT2D eigenvalue weighted by atomic mass is 9.98. The van der Waals surface area contributed by atoms with Crippen LogP contribution in [0, 0.1) is 0 Å². The van der Waals surface area contributed by atoms with E-state index in [1.807, 2.05) is 0 Å². The number of amides is 3. The first-order valence-electron chi connectivity index (χ1n) is 8.55. The summed E-state index contributed by atoms with van der Waals surface area (Å²) in [6, 6.07) is 4.35. The summed E-state index contributed by atoms with van der Waals surface area (Å²) < 4.78 is 38.0. The van der Waals surface area contributed by atoms with Crippen LogP contribution in [0.15, 0.2) is 29.6 Å². The smallest absolute Gasteiger partial charge is 0.323 e. The van der Waals surface area contributed by atoms with E-state index in [9.17, 15) is 22.8 Å². The van der Waals surface area contributed by atoms with Gasteiger partial charge in [0.15, 0.2) is 0 Å². The molecule has 4 rings (SSSR count). The van der Waals surface area contributed by atoms with Gasteiger partial charge in [-0.05, 0) is 25.0 Å². The fourth-order valence-electron chi connectivity index (χ4n) is 3.61. The zero-order valence-electron chi connectivity index (χ0n) is 14.2. The number of nitrogens with one attached hydrogen (secondary N) is 1. The summed E-state index contributed by atoms with van der Waals surface area (Å²) in [6.45, 7) is 0.0591. The molecule has 5 nitrogen and oxygen atoms in total. The van der Waals surface area contributed by atoms with Gasteiger partial charge in [-0.1, -0.05) is 25.0 Å². The third-order valence-electron chi connectivity index (χ3n) is 5.03. The highest BCUT2D eigenvalue weighted by atomic mass is 32.1. The molecule has 0 atom stereocenters. The minimum atomic E-state index is -4.38. The minimum absolute atomic E-state index is 0.0591. The zero-order chi connectivity index (χ0) is 19.2. The topological polar surface area (TPSA) is 62.3 Å². The van der Waals surface area contributed by atoms with E-state index in [4.69, 9.17) is 0 Å². The summed E-state index contributed by atoms with van der Waals surface area (Å²) in [4.78, 5) is 30.4. The molecule has 9 heteroatoms. The molecular formula is C18H16F3N3O2S. The first-order chi connectivity index (χ1) is 12.8. The number of rotatable bonds is 3. The number of hydrogen-bond acceptors (Lipinski definition) is 4. The van der Waals surface area contributed by atoms with Gasteiger partial charge in [0.25, 0.3) is 5.91 Å². The number of urea groups is 1. The van der Waals surface area contributed by atoms with Crippen LogP contribution in [0.1, 0.15) is 36.9 Å². The van der Waals surface area contributed by atoms with Crippen molar-refractivity contribution in [3.8, 4) is 10.6 Å². The number of thiazole rings is 1. The Morgan fingerprint density at radius 2 is 1.81 bits per heavy atom. The van der Waals surface area contributed by atoms with Crippen molar-refractivity contribution in [3.05, 3.63) is 40.9 Å². The first-order valence-corrected chi connectivity index (χ1v) is 9.43. The van der Waals surface area contributed by atoms with Gasteiger partial charge in [0, 0.05) is 10.9 Å². The Labute approximate surface area is 157 Å². The SMILES string of the molecule is O=C1NC2(CCCC2)C(=O)N1Cc1csc(-c2ccc(C(F)(F)F)cc2)n1. The van der Waals surface area contributed by atoms with Gasteiger partial charge in [-0.25, -0.2) is 9.78 Å². The first kappa shape index (κ1) is 18.0. The molecule has 0 radical (unpaired) electrons. The van der Waals surface area contributed by atoms with E-state index in [-0.39, 0.29) is 12.5 Å². The maximum atomic E-state index is 12.7. The molecule has 1 aromatic carbocycles. The summed E-state index contributed by atoms with van der Waals surface area (Å²) in [6.07, 6.45) is -1.25. The monoisotopic (exact) mass is 395 g/mol. The van der Waals surface area contributed by atoms with Gasteiger partial charge in [0.1, 0.15) is 10.5 Å². The highest BCUT2D eigenvalue weighted by Gasteiger charge is 2.52. The number of aromatic nitrogens is 1. The van der Waals surface area contributed by atoms with Crippen LogP contribution in [-0.2, 0) is 17.5 Å². The van der Waals surface area contributed by atoms with E-state index in [0.29, 0.717) is 29.1 Å². The highest BCUT2D eigenvalue weighted by molar-refractivity contribution is 7.13. The van der Waals surface area contributed by atoms with Gasteiger partial charge in [-0.2, -0.15) is 13.2 Å². The van der Waals surface area contributed by atoms with Gasteiger partial charge in [0.2, 0.25) is 0 Å². The van der Waals surface area contributed by atoms with Crippen molar-refractivity contribution in [3.63, 3.8) is 0 Å². The van der Waals surface area contributed by atoms with Crippen LogP contribution in [0.5, 0.6) is 0 Å². The Morgan fingerprint density at radius 3 is 2.44 bits per heavy atom. The second-order valence-corrected chi connectivity index (χ2v) is 7.69. The number of nitrogens with zero attached hydrogens (tertiary/aromatic N) is 2. The van der Waals surface area contributed by atoms with E-state index in [2.05, 4.69) is 10.3 Å². The lowest BCUT2D eigenvalue weighted by Gasteiger charge is -2.19. The molecule has 1 aromatic heterocycles. The van der Waals surface area contributed by atoms with Crippen molar-refractivity contribution in [1.29, 1.82) is 0 Å². The second-order valence-electron chi connectivity index (χ2n) is 6.83. The Balaban J connectivity index is 1.50. The van der Waals surface area contributed by atoms with E-state index in [1.165, 1.54) is 28.4 Å². The molecule has 1 aliphatic heterocycles. The number of carbonyl (C=O) groups excluding carboxylic acids is 2. The molecule has 3 amide bonds. The zero-order valence-corrected chi connectivity index (χ0v) is 15.0. The Morgan fingerprint density at radius 1 is 1.15 bits per heavy atom. The molecule has 2 aromatic rings. The molecule has 27 heavy (non-hydrogen) atoms. The predicted molar refractivity (Wildman–Crippen MR) is 92.8 cm³/mol. The Bertz CT molecular complexity index is 886. The molecule has 1 N–H and O–H groups in total. The standard InChI is InChI=1S/C18H16F3N3O2S/c19-18(20,21)12-5-3-11(4-6-12)14-22-13(10-27-14)9-24-15(25)17(23-16(24)26)7-1-2-8-17/h3-6,10H,1-2,7-9H2,(H,23,26). The normalized spacial score (nSPS) is 19.1. The molecule has 0 unspecified atom stereocenters.